The first kappa shape index (κ1) is 9.83. The maximum absolute atomic E-state index is 4.14. The second kappa shape index (κ2) is 4.11. The predicted octanol–water partition coefficient (Wildman–Crippen LogP) is 2.03. The smallest absolute Gasteiger partial charge is 0.127 e. The SMILES string of the molecule is CC(C)N(CI)c1ccnn1C. The standard InChI is InChI=1S/C8H14IN3/c1-7(2)12(6-9)8-4-5-10-11(8)3/h4-5,7H,6H2,1-3H3. The number of halogens is 1. The van der Waals surface area contributed by atoms with E-state index in [-0.39, 0.29) is 0 Å². The van der Waals surface area contributed by atoms with Crippen molar-refractivity contribution in [3.63, 3.8) is 0 Å². The minimum Gasteiger partial charge on any atom is -0.345 e. The summed E-state index contributed by atoms with van der Waals surface area (Å²) in [5.41, 5.74) is 0. The molecule has 0 fully saturated rings. The number of hydrogen-bond acceptors (Lipinski definition) is 2. The highest BCUT2D eigenvalue weighted by Crippen LogP contribution is 2.16. The molecule has 0 amide bonds. The number of hydrogen-bond donors (Lipinski definition) is 0. The Bertz CT molecular complexity index is 244. The highest BCUT2D eigenvalue weighted by molar-refractivity contribution is 14.1. The van der Waals surface area contributed by atoms with Crippen LogP contribution in [-0.2, 0) is 7.05 Å². The van der Waals surface area contributed by atoms with Gasteiger partial charge in [0.1, 0.15) is 5.82 Å². The summed E-state index contributed by atoms with van der Waals surface area (Å²) in [4.78, 5) is 2.30. The van der Waals surface area contributed by atoms with Crippen molar-refractivity contribution in [2.75, 3.05) is 9.45 Å². The summed E-state index contributed by atoms with van der Waals surface area (Å²) < 4.78 is 2.90. The number of aryl methyl sites for hydroxylation is 1. The normalized spacial score (nSPS) is 10.8. The van der Waals surface area contributed by atoms with Crippen LogP contribution in [0.25, 0.3) is 0 Å². The molecule has 0 N–H and O–H groups in total. The third-order valence-corrected chi connectivity index (χ3v) is 2.58. The maximum atomic E-state index is 4.14. The van der Waals surface area contributed by atoms with Gasteiger partial charge >= 0.3 is 0 Å². The van der Waals surface area contributed by atoms with E-state index in [1.54, 1.807) is 0 Å². The van der Waals surface area contributed by atoms with E-state index in [2.05, 4.69) is 46.4 Å². The lowest BCUT2D eigenvalue weighted by molar-refractivity contribution is 0.681. The van der Waals surface area contributed by atoms with E-state index in [4.69, 9.17) is 0 Å². The first-order chi connectivity index (χ1) is 5.66. The van der Waals surface area contributed by atoms with E-state index in [0.29, 0.717) is 6.04 Å². The number of alkyl halides is 1. The van der Waals surface area contributed by atoms with Crippen molar-refractivity contribution in [3.05, 3.63) is 12.3 Å². The first-order valence-corrected chi connectivity index (χ1v) is 5.50. The molecule has 1 heterocycles. The Morgan fingerprint density at radius 3 is 2.67 bits per heavy atom. The monoisotopic (exact) mass is 279 g/mol. The molecule has 1 aromatic heterocycles. The first-order valence-electron chi connectivity index (χ1n) is 3.97. The van der Waals surface area contributed by atoms with Gasteiger partial charge in [0, 0.05) is 19.2 Å². The fourth-order valence-electron chi connectivity index (χ4n) is 1.11. The average Bonchev–Trinajstić information content (AvgIpc) is 2.38. The van der Waals surface area contributed by atoms with Crippen molar-refractivity contribution in [2.45, 2.75) is 19.9 Å². The van der Waals surface area contributed by atoms with Gasteiger partial charge in [-0.15, -0.1) is 0 Å². The zero-order valence-corrected chi connectivity index (χ0v) is 9.82. The maximum Gasteiger partial charge on any atom is 0.127 e. The Morgan fingerprint density at radius 1 is 1.67 bits per heavy atom. The Balaban J connectivity index is 2.87. The van der Waals surface area contributed by atoms with Crippen molar-refractivity contribution in [1.29, 1.82) is 0 Å². The van der Waals surface area contributed by atoms with E-state index >= 15 is 0 Å². The van der Waals surface area contributed by atoms with Crippen molar-refractivity contribution < 1.29 is 0 Å². The largest absolute Gasteiger partial charge is 0.345 e. The molecule has 0 spiro atoms. The molecule has 1 rings (SSSR count). The van der Waals surface area contributed by atoms with Gasteiger partial charge in [0.15, 0.2) is 0 Å². The summed E-state index contributed by atoms with van der Waals surface area (Å²) >= 11 is 2.37. The lowest BCUT2D eigenvalue weighted by atomic mass is 10.3. The second-order valence-electron chi connectivity index (χ2n) is 3.00. The third kappa shape index (κ3) is 1.91. The molecular weight excluding hydrogens is 265 g/mol. The van der Waals surface area contributed by atoms with Crippen LogP contribution < -0.4 is 4.90 Å². The van der Waals surface area contributed by atoms with Crippen LogP contribution in [0.3, 0.4) is 0 Å². The van der Waals surface area contributed by atoms with Gasteiger partial charge in [0.25, 0.3) is 0 Å². The fraction of sp³-hybridized carbons (Fsp3) is 0.625. The molecule has 0 aliphatic rings. The molecule has 4 heteroatoms. The van der Waals surface area contributed by atoms with Crippen molar-refractivity contribution >= 4 is 28.4 Å². The quantitative estimate of drug-likeness (QED) is 0.479. The summed E-state index contributed by atoms with van der Waals surface area (Å²) in [7, 11) is 1.97. The molecule has 68 valence electrons. The van der Waals surface area contributed by atoms with E-state index in [1.165, 1.54) is 5.82 Å². The third-order valence-electron chi connectivity index (χ3n) is 1.84. The van der Waals surface area contributed by atoms with Crippen LogP contribution in [0, 0.1) is 0 Å². The molecule has 0 atom stereocenters. The van der Waals surface area contributed by atoms with Crippen LogP contribution in [0.1, 0.15) is 13.8 Å². The van der Waals surface area contributed by atoms with Crippen LogP contribution in [0.4, 0.5) is 5.82 Å². The molecule has 0 saturated heterocycles. The molecular formula is C8H14IN3. The van der Waals surface area contributed by atoms with Crippen LogP contribution in [0.15, 0.2) is 12.3 Å². The van der Waals surface area contributed by atoms with Gasteiger partial charge < -0.3 is 4.90 Å². The molecule has 0 aromatic carbocycles. The molecule has 0 aliphatic heterocycles. The average molecular weight is 279 g/mol. The van der Waals surface area contributed by atoms with Crippen LogP contribution in [0.2, 0.25) is 0 Å². The predicted molar refractivity (Wildman–Crippen MR) is 59.7 cm³/mol. The van der Waals surface area contributed by atoms with Gasteiger partial charge in [-0.3, -0.25) is 4.68 Å². The summed E-state index contributed by atoms with van der Waals surface area (Å²) in [5.74, 6) is 1.18. The Hall–Kier alpha value is -0.260. The van der Waals surface area contributed by atoms with Crippen LogP contribution >= 0.6 is 22.6 Å². The van der Waals surface area contributed by atoms with Crippen LogP contribution in [-0.4, -0.2) is 20.4 Å². The van der Waals surface area contributed by atoms with Gasteiger partial charge in [0.05, 0.1) is 10.7 Å². The summed E-state index contributed by atoms with van der Waals surface area (Å²) in [6, 6.07) is 2.57. The minimum atomic E-state index is 0.525. The molecule has 0 radical (unpaired) electrons. The molecule has 1 aromatic rings. The molecule has 3 nitrogen and oxygen atoms in total. The summed E-state index contributed by atoms with van der Waals surface area (Å²) in [5, 5.41) is 4.14. The Morgan fingerprint density at radius 2 is 2.33 bits per heavy atom. The lowest BCUT2D eigenvalue weighted by Crippen LogP contribution is -2.30. The van der Waals surface area contributed by atoms with Gasteiger partial charge in [0.2, 0.25) is 0 Å². The van der Waals surface area contributed by atoms with E-state index < -0.39 is 0 Å². The molecule has 0 bridgehead atoms. The molecule has 12 heavy (non-hydrogen) atoms. The number of rotatable bonds is 3. The molecule has 0 unspecified atom stereocenters. The highest BCUT2D eigenvalue weighted by atomic mass is 127. The zero-order chi connectivity index (χ0) is 9.14. The number of aromatic nitrogens is 2. The minimum absolute atomic E-state index is 0.525. The van der Waals surface area contributed by atoms with Crippen molar-refractivity contribution in [3.8, 4) is 0 Å². The van der Waals surface area contributed by atoms with Crippen LogP contribution in [0.5, 0.6) is 0 Å². The fourth-order valence-corrected chi connectivity index (χ4v) is 2.25. The number of anilines is 1. The van der Waals surface area contributed by atoms with Gasteiger partial charge in [-0.1, -0.05) is 22.6 Å². The van der Waals surface area contributed by atoms with Gasteiger partial charge in [-0.25, -0.2) is 0 Å². The topological polar surface area (TPSA) is 21.1 Å². The molecule has 0 aliphatic carbocycles. The lowest BCUT2D eigenvalue weighted by Gasteiger charge is -2.25. The Kier molecular flexibility index (Phi) is 3.37. The summed E-state index contributed by atoms with van der Waals surface area (Å²) in [6.07, 6.45) is 1.83. The van der Waals surface area contributed by atoms with E-state index in [9.17, 15) is 0 Å². The number of nitrogens with zero attached hydrogens (tertiary/aromatic N) is 3. The van der Waals surface area contributed by atoms with Gasteiger partial charge in [-0.05, 0) is 13.8 Å². The zero-order valence-electron chi connectivity index (χ0n) is 7.66. The van der Waals surface area contributed by atoms with E-state index in [0.717, 1.165) is 4.55 Å². The van der Waals surface area contributed by atoms with E-state index in [1.807, 2.05) is 24.0 Å². The summed E-state index contributed by atoms with van der Waals surface area (Å²) in [6.45, 7) is 4.37. The highest BCUT2D eigenvalue weighted by Gasteiger charge is 2.11. The Labute approximate surface area is 86.9 Å². The van der Waals surface area contributed by atoms with Gasteiger partial charge in [-0.2, -0.15) is 5.10 Å². The second-order valence-corrected chi connectivity index (χ2v) is 3.68. The van der Waals surface area contributed by atoms with Crippen molar-refractivity contribution in [1.82, 2.24) is 9.78 Å². The van der Waals surface area contributed by atoms with Crippen molar-refractivity contribution in [2.24, 2.45) is 7.05 Å². The molecule has 0 saturated carbocycles.